The third-order valence-electron chi connectivity index (χ3n) is 3.90. The number of aryl methyl sites for hydroxylation is 2. The zero-order valence-electron chi connectivity index (χ0n) is 11.7. The Kier molecular flexibility index (Phi) is 4.58. The molecule has 1 fully saturated rings. The molecule has 1 N–H and O–H groups in total. The molecule has 2 rings (SSSR count). The van der Waals surface area contributed by atoms with Crippen LogP contribution in [0.5, 0.6) is 0 Å². The van der Waals surface area contributed by atoms with Gasteiger partial charge in [-0.2, -0.15) is 0 Å². The summed E-state index contributed by atoms with van der Waals surface area (Å²) in [6.07, 6.45) is 4.14. The Balaban J connectivity index is 1.99. The molecular formula is C14H22N2O3. The summed E-state index contributed by atoms with van der Waals surface area (Å²) in [4.78, 5) is 14.3. The van der Waals surface area contributed by atoms with E-state index in [0.717, 1.165) is 49.2 Å². The lowest BCUT2D eigenvalue weighted by Gasteiger charge is -2.24. The Morgan fingerprint density at radius 1 is 1.53 bits per heavy atom. The zero-order valence-corrected chi connectivity index (χ0v) is 11.7. The number of aliphatic hydroxyl groups excluding tert-OH is 1. The number of nitrogens with zero attached hydrogens (tertiary/aromatic N) is 2. The van der Waals surface area contributed by atoms with Gasteiger partial charge in [0, 0.05) is 24.8 Å². The van der Waals surface area contributed by atoms with Crippen LogP contribution in [-0.4, -0.2) is 40.3 Å². The van der Waals surface area contributed by atoms with Crippen molar-refractivity contribution in [3.8, 4) is 0 Å². The third-order valence-corrected chi connectivity index (χ3v) is 3.90. The van der Waals surface area contributed by atoms with Crippen molar-refractivity contribution >= 4 is 5.91 Å². The van der Waals surface area contributed by atoms with Gasteiger partial charge in [-0.1, -0.05) is 5.16 Å². The fourth-order valence-electron chi connectivity index (χ4n) is 2.80. The summed E-state index contributed by atoms with van der Waals surface area (Å²) in [6, 6.07) is 0.292. The van der Waals surface area contributed by atoms with Crippen LogP contribution < -0.4 is 0 Å². The first kappa shape index (κ1) is 14.1. The average molecular weight is 266 g/mol. The topological polar surface area (TPSA) is 66.6 Å². The number of carbonyl (C=O) groups is 1. The molecule has 0 bridgehead atoms. The number of aromatic nitrogens is 1. The molecule has 0 saturated carbocycles. The van der Waals surface area contributed by atoms with Crippen LogP contribution in [0.15, 0.2) is 4.52 Å². The molecule has 1 amide bonds. The van der Waals surface area contributed by atoms with E-state index in [1.54, 1.807) is 0 Å². The van der Waals surface area contributed by atoms with Crippen molar-refractivity contribution in [3.05, 3.63) is 17.0 Å². The highest BCUT2D eigenvalue weighted by atomic mass is 16.5. The molecule has 5 nitrogen and oxygen atoms in total. The van der Waals surface area contributed by atoms with Crippen LogP contribution in [0.1, 0.15) is 42.7 Å². The van der Waals surface area contributed by atoms with E-state index in [9.17, 15) is 4.79 Å². The number of aliphatic hydroxyl groups is 1. The minimum Gasteiger partial charge on any atom is -0.396 e. The van der Waals surface area contributed by atoms with Crippen LogP contribution in [0, 0.1) is 13.8 Å². The van der Waals surface area contributed by atoms with Crippen LogP contribution in [0.4, 0.5) is 0 Å². The number of carbonyl (C=O) groups excluding carboxylic acids is 1. The van der Waals surface area contributed by atoms with Crippen LogP contribution in [0.3, 0.4) is 0 Å². The Morgan fingerprint density at radius 2 is 2.32 bits per heavy atom. The molecule has 1 saturated heterocycles. The molecule has 0 aromatic carbocycles. The van der Waals surface area contributed by atoms with E-state index in [4.69, 9.17) is 9.63 Å². The van der Waals surface area contributed by atoms with Crippen molar-refractivity contribution in [3.63, 3.8) is 0 Å². The van der Waals surface area contributed by atoms with E-state index < -0.39 is 0 Å². The van der Waals surface area contributed by atoms with E-state index >= 15 is 0 Å². The van der Waals surface area contributed by atoms with Crippen molar-refractivity contribution in [1.29, 1.82) is 0 Å². The molecule has 1 aromatic rings. The molecule has 106 valence electrons. The number of likely N-dealkylation sites (tertiary alicyclic amines) is 1. The SMILES string of the molecule is Cc1noc(C)c1CC(=O)N1CCCC1CCCO. The minimum absolute atomic E-state index is 0.148. The van der Waals surface area contributed by atoms with Gasteiger partial charge in [0.25, 0.3) is 0 Å². The van der Waals surface area contributed by atoms with E-state index in [1.165, 1.54) is 0 Å². The van der Waals surface area contributed by atoms with Crippen LogP contribution in [-0.2, 0) is 11.2 Å². The van der Waals surface area contributed by atoms with Crippen LogP contribution in [0.2, 0.25) is 0 Å². The first-order chi connectivity index (χ1) is 9.13. The maximum atomic E-state index is 12.4. The van der Waals surface area contributed by atoms with Gasteiger partial charge in [-0.25, -0.2) is 0 Å². The van der Waals surface area contributed by atoms with Crippen molar-refractivity contribution in [1.82, 2.24) is 10.1 Å². The molecule has 1 aliphatic rings. The van der Waals surface area contributed by atoms with Gasteiger partial charge in [0.2, 0.25) is 5.91 Å². The monoisotopic (exact) mass is 266 g/mol. The Bertz CT molecular complexity index is 422. The molecular weight excluding hydrogens is 244 g/mol. The quantitative estimate of drug-likeness (QED) is 0.879. The highest BCUT2D eigenvalue weighted by Gasteiger charge is 2.29. The molecule has 1 atom stereocenters. The normalized spacial score (nSPS) is 19.1. The van der Waals surface area contributed by atoms with Crippen molar-refractivity contribution in [2.45, 2.75) is 52.0 Å². The van der Waals surface area contributed by atoms with Gasteiger partial charge >= 0.3 is 0 Å². The third kappa shape index (κ3) is 3.15. The maximum absolute atomic E-state index is 12.4. The molecule has 2 heterocycles. The fourth-order valence-corrected chi connectivity index (χ4v) is 2.80. The molecule has 1 unspecified atom stereocenters. The van der Waals surface area contributed by atoms with Gasteiger partial charge in [0.1, 0.15) is 5.76 Å². The van der Waals surface area contributed by atoms with Crippen LogP contribution >= 0.6 is 0 Å². The lowest BCUT2D eigenvalue weighted by molar-refractivity contribution is -0.131. The van der Waals surface area contributed by atoms with Crippen molar-refractivity contribution in [2.75, 3.05) is 13.2 Å². The number of rotatable bonds is 5. The smallest absolute Gasteiger partial charge is 0.227 e. The zero-order chi connectivity index (χ0) is 13.8. The fraction of sp³-hybridized carbons (Fsp3) is 0.714. The van der Waals surface area contributed by atoms with Crippen molar-refractivity contribution < 1.29 is 14.4 Å². The van der Waals surface area contributed by atoms with E-state index in [-0.39, 0.29) is 12.5 Å². The summed E-state index contributed by atoms with van der Waals surface area (Å²) in [5, 5.41) is 12.8. The number of hydrogen-bond donors (Lipinski definition) is 1. The lowest BCUT2D eigenvalue weighted by atomic mass is 10.1. The predicted molar refractivity (Wildman–Crippen MR) is 70.7 cm³/mol. The Morgan fingerprint density at radius 3 is 2.95 bits per heavy atom. The van der Waals surface area contributed by atoms with Gasteiger partial charge < -0.3 is 14.5 Å². The maximum Gasteiger partial charge on any atom is 0.227 e. The molecule has 1 aromatic heterocycles. The van der Waals surface area contributed by atoms with E-state index in [1.807, 2.05) is 18.7 Å². The first-order valence-corrected chi connectivity index (χ1v) is 6.95. The lowest BCUT2D eigenvalue weighted by Crippen LogP contribution is -2.36. The average Bonchev–Trinajstić information content (AvgIpc) is 2.97. The number of hydrogen-bond acceptors (Lipinski definition) is 4. The second kappa shape index (κ2) is 6.19. The van der Waals surface area contributed by atoms with E-state index in [2.05, 4.69) is 5.16 Å². The van der Waals surface area contributed by atoms with Gasteiger partial charge in [0.05, 0.1) is 12.1 Å². The van der Waals surface area contributed by atoms with Crippen LogP contribution in [0.25, 0.3) is 0 Å². The second-order valence-corrected chi connectivity index (χ2v) is 5.23. The highest BCUT2D eigenvalue weighted by molar-refractivity contribution is 5.79. The van der Waals surface area contributed by atoms with Crippen molar-refractivity contribution in [2.24, 2.45) is 0 Å². The molecule has 0 radical (unpaired) electrons. The summed E-state index contributed by atoms with van der Waals surface area (Å²) in [5.74, 6) is 0.881. The molecule has 19 heavy (non-hydrogen) atoms. The molecule has 0 aliphatic carbocycles. The van der Waals surface area contributed by atoms with Gasteiger partial charge in [-0.15, -0.1) is 0 Å². The Labute approximate surface area is 113 Å². The summed E-state index contributed by atoms with van der Waals surface area (Å²) < 4.78 is 5.10. The number of amides is 1. The largest absolute Gasteiger partial charge is 0.396 e. The van der Waals surface area contributed by atoms with Gasteiger partial charge in [-0.05, 0) is 39.5 Å². The van der Waals surface area contributed by atoms with E-state index in [0.29, 0.717) is 12.5 Å². The molecule has 5 heteroatoms. The standard InChI is InChI=1S/C14H22N2O3/c1-10-13(11(2)19-15-10)9-14(18)16-7-3-5-12(16)6-4-8-17/h12,17H,3-9H2,1-2H3. The summed E-state index contributed by atoms with van der Waals surface area (Å²) in [5.41, 5.74) is 1.72. The highest BCUT2D eigenvalue weighted by Crippen LogP contribution is 2.23. The molecule has 1 aliphatic heterocycles. The van der Waals surface area contributed by atoms with Gasteiger partial charge in [-0.3, -0.25) is 4.79 Å². The summed E-state index contributed by atoms with van der Waals surface area (Å²) in [7, 11) is 0. The van der Waals surface area contributed by atoms with Gasteiger partial charge in [0.15, 0.2) is 0 Å². The predicted octanol–water partition coefficient (Wildman–Crippen LogP) is 1.60. The summed E-state index contributed by atoms with van der Waals surface area (Å²) in [6.45, 7) is 4.74. The summed E-state index contributed by atoms with van der Waals surface area (Å²) >= 11 is 0. The first-order valence-electron chi connectivity index (χ1n) is 6.95. The minimum atomic E-state index is 0.148. The Hall–Kier alpha value is -1.36. The molecule has 0 spiro atoms. The second-order valence-electron chi connectivity index (χ2n) is 5.23.